The van der Waals surface area contributed by atoms with Crippen molar-refractivity contribution in [2.75, 3.05) is 13.1 Å². The summed E-state index contributed by atoms with van der Waals surface area (Å²) >= 11 is 23.3. The van der Waals surface area contributed by atoms with Crippen LogP contribution in [-0.4, -0.2) is 104 Å². The Morgan fingerprint density at radius 2 is 0.763 bits per heavy atom. The van der Waals surface area contributed by atoms with Gasteiger partial charge >= 0.3 is 12.1 Å². The first-order valence-corrected chi connectivity index (χ1v) is 33.3. The van der Waals surface area contributed by atoms with Crippen LogP contribution in [-0.2, 0) is 14.4 Å². The molecule has 27 heteroatoms. The molecular weight excluding hydrogens is 1310 g/mol. The number of nitrogens with zero attached hydrogens (tertiary/aromatic N) is 12. The largest absolute Gasteiger partial charge is 0.471 e. The molecule has 0 bridgehead atoms. The molecular formula is C66H69Cl3F3N15O3S3. The summed E-state index contributed by atoms with van der Waals surface area (Å²) < 4.78 is 44.1. The highest BCUT2D eigenvalue weighted by Gasteiger charge is 2.41. The molecule has 9 heterocycles. The van der Waals surface area contributed by atoms with Crippen LogP contribution in [0.1, 0.15) is 166 Å². The summed E-state index contributed by atoms with van der Waals surface area (Å²) in [5, 5.41) is 38.7. The third-order valence-electron chi connectivity index (χ3n) is 15.8. The maximum Gasteiger partial charge on any atom is 0.471 e. The van der Waals surface area contributed by atoms with Gasteiger partial charge in [-0.3, -0.25) is 43.1 Å². The molecule has 18 nitrogen and oxygen atoms in total. The highest BCUT2D eigenvalue weighted by Crippen LogP contribution is 2.43. The summed E-state index contributed by atoms with van der Waals surface area (Å²) in [5.41, 5.74) is 10.6. The summed E-state index contributed by atoms with van der Waals surface area (Å²) in [6, 6.07) is 20.8. The zero-order chi connectivity index (χ0) is 67.5. The molecule has 93 heavy (non-hydrogen) atoms. The number of hydrogen-bond donors (Lipinski definition) is 3. The second-order valence-electron chi connectivity index (χ2n) is 24.9. The minimum absolute atomic E-state index is 0.0235. The third kappa shape index (κ3) is 14.2. The van der Waals surface area contributed by atoms with E-state index in [9.17, 15) is 27.6 Å². The molecule has 6 aromatic heterocycles. The number of fused-ring (bicyclic) bond motifs is 9. The first-order chi connectivity index (χ1) is 43.7. The van der Waals surface area contributed by atoms with E-state index in [-0.39, 0.29) is 36.4 Å². The minimum atomic E-state index is -4.98. The number of thiophene rings is 3. The molecule has 0 radical (unpaired) electrons. The minimum Gasteiger partial charge on any atom is -0.353 e. The number of nitrogens with one attached hydrogen (secondary N) is 3. The van der Waals surface area contributed by atoms with Crippen LogP contribution in [0, 0.1) is 67.7 Å². The van der Waals surface area contributed by atoms with Gasteiger partial charge in [-0.1, -0.05) is 92.0 Å². The topological polar surface area (TPSA) is 217 Å². The third-order valence-corrected chi connectivity index (χ3v) is 20.1. The molecule has 3 N–H and O–H groups in total. The van der Waals surface area contributed by atoms with Crippen LogP contribution in [0.2, 0.25) is 15.1 Å². The number of aliphatic imine (C=N–C) groups is 3. The normalized spacial score (nSPS) is 15.7. The lowest BCUT2D eigenvalue weighted by Gasteiger charge is -2.21. The highest BCUT2D eigenvalue weighted by atomic mass is 35.5. The number of alkyl halides is 3. The number of amides is 3. The smallest absolute Gasteiger partial charge is 0.353 e. The molecule has 9 aromatic rings. The van der Waals surface area contributed by atoms with Crippen LogP contribution in [0.15, 0.2) is 87.8 Å². The Hall–Kier alpha value is -7.74. The van der Waals surface area contributed by atoms with Gasteiger partial charge in [0.15, 0.2) is 17.5 Å². The van der Waals surface area contributed by atoms with E-state index in [0.717, 1.165) is 87.7 Å². The molecule has 3 aromatic carbocycles. The van der Waals surface area contributed by atoms with E-state index in [4.69, 9.17) is 49.8 Å². The molecule has 0 aliphatic carbocycles. The molecule has 0 spiro atoms. The van der Waals surface area contributed by atoms with Gasteiger partial charge in [0.1, 0.15) is 50.6 Å². The fourth-order valence-electron chi connectivity index (χ4n) is 10.8. The highest BCUT2D eigenvalue weighted by molar-refractivity contribution is 7.15. The molecule has 0 saturated heterocycles. The SMILES string of the molecule is Cc1sc2c(c1C)C(c1ccc(Cl)cc1)=NC(CNC(=O)C(F)(F)F)c1nnc(C)n1-2.Cc1sc2c(c1C)C(c1ccc(Cl)cc1)=N[C@H](CC(=O)NC(C)(C)C)c1nnc(C)n1-2.Cc1sc2c(c1C)C(c1ccc(Cl)cc1)=N[C@H](CNC(=O)C(C)(C)C)c1nnc(C)n1-2. The monoisotopic (exact) mass is 1380 g/mol. The van der Waals surface area contributed by atoms with Crippen molar-refractivity contribution < 1.29 is 27.6 Å². The van der Waals surface area contributed by atoms with Crippen molar-refractivity contribution >= 4 is 104 Å². The van der Waals surface area contributed by atoms with E-state index in [1.165, 1.54) is 32.2 Å². The van der Waals surface area contributed by atoms with Crippen LogP contribution >= 0.6 is 68.8 Å². The molecule has 3 aliphatic heterocycles. The average molecular weight is 1380 g/mol. The fraction of sp³-hybridized carbons (Fsp3) is 0.364. The van der Waals surface area contributed by atoms with Crippen molar-refractivity contribution in [3.8, 4) is 15.0 Å². The maximum atomic E-state index is 12.8. The number of carbonyl (C=O) groups is 3. The van der Waals surface area contributed by atoms with Crippen molar-refractivity contribution in [3.05, 3.63) is 188 Å². The standard InChI is InChI=1S/2C23H26ClN5OS.C20H17ClF3N5OS/c1-12-13(2)31-21-18(12)19(15-7-9-16(24)10-8-15)26-17(11-25-22(30)23(4,5)6)20-28-27-14(3)29(20)21;1-12-13(2)31-22-19(12)20(15-7-9-16(24)10-8-15)25-17(11-18(30)26-23(4,5)6)21-28-27-14(3)29(21)22;1-9-10(2)31-18-15(9)16(12-4-6-13(21)7-5-12)26-14(8-25-19(30)20(22,23)24)17-28-27-11(3)29(17)18/h7-10,17H,11H2,1-6H3,(H,25,30);7-10,17H,11H2,1-6H3,(H,26,30);4-7,14H,8H2,1-3H3,(H,25,30)/t2*17-;/m11./s1. The van der Waals surface area contributed by atoms with Gasteiger partial charge in [-0.25, -0.2) is 0 Å². The molecule has 0 saturated carbocycles. The van der Waals surface area contributed by atoms with E-state index in [1.54, 1.807) is 46.3 Å². The zero-order valence-electron chi connectivity index (χ0n) is 53.9. The number of rotatable bonds is 9. The van der Waals surface area contributed by atoms with Gasteiger partial charge in [0.25, 0.3) is 0 Å². The van der Waals surface area contributed by atoms with Crippen molar-refractivity contribution in [1.29, 1.82) is 0 Å². The Morgan fingerprint density at radius 1 is 0.462 bits per heavy atom. The summed E-state index contributed by atoms with van der Waals surface area (Å²) in [7, 11) is 0. The zero-order valence-corrected chi connectivity index (χ0v) is 58.6. The number of hydrogen-bond acceptors (Lipinski definition) is 15. The van der Waals surface area contributed by atoms with Crippen molar-refractivity contribution in [2.24, 2.45) is 20.4 Å². The molecule has 486 valence electrons. The van der Waals surface area contributed by atoms with Gasteiger partial charge in [0.05, 0.1) is 23.6 Å². The average Bonchev–Trinajstić information content (AvgIpc) is 1.61. The van der Waals surface area contributed by atoms with Crippen LogP contribution in [0.3, 0.4) is 0 Å². The van der Waals surface area contributed by atoms with Gasteiger partial charge in [-0.2, -0.15) is 13.2 Å². The van der Waals surface area contributed by atoms with E-state index in [1.807, 2.05) is 135 Å². The second-order valence-corrected chi connectivity index (χ2v) is 29.8. The van der Waals surface area contributed by atoms with Crippen LogP contribution < -0.4 is 16.0 Å². The van der Waals surface area contributed by atoms with Gasteiger partial charge in [0.2, 0.25) is 11.8 Å². The van der Waals surface area contributed by atoms with Crippen LogP contribution in [0.25, 0.3) is 15.0 Å². The molecule has 12 rings (SSSR count). The predicted octanol–water partition coefficient (Wildman–Crippen LogP) is 14.5. The Kier molecular flexibility index (Phi) is 19.5. The molecule has 3 aliphatic rings. The molecule has 3 amide bonds. The first kappa shape index (κ1) is 68.1. The fourth-order valence-corrected chi connectivity index (χ4v) is 14.8. The van der Waals surface area contributed by atoms with Crippen molar-refractivity contribution in [2.45, 2.75) is 140 Å². The van der Waals surface area contributed by atoms with Gasteiger partial charge in [-0.05, 0) is 136 Å². The van der Waals surface area contributed by atoms with E-state index >= 15 is 0 Å². The van der Waals surface area contributed by atoms with E-state index in [2.05, 4.69) is 78.1 Å². The lowest BCUT2D eigenvalue weighted by Crippen LogP contribution is -2.41. The molecule has 1 unspecified atom stereocenters. The maximum absolute atomic E-state index is 12.8. The van der Waals surface area contributed by atoms with Crippen LogP contribution in [0.4, 0.5) is 13.2 Å². The summed E-state index contributed by atoms with van der Waals surface area (Å²) in [6.45, 7) is 29.7. The summed E-state index contributed by atoms with van der Waals surface area (Å²) in [4.78, 5) is 55.4. The van der Waals surface area contributed by atoms with E-state index in [0.29, 0.717) is 44.8 Å². The quantitative estimate of drug-likeness (QED) is 0.125. The van der Waals surface area contributed by atoms with Crippen molar-refractivity contribution in [3.63, 3.8) is 0 Å². The number of carbonyl (C=O) groups excluding carboxylic acids is 3. The van der Waals surface area contributed by atoms with Gasteiger partial charge in [-0.15, -0.1) is 64.6 Å². The Balaban J connectivity index is 0.000000153. The number of aromatic nitrogens is 9. The molecule has 3 atom stereocenters. The molecule has 0 fully saturated rings. The lowest BCUT2D eigenvalue weighted by molar-refractivity contribution is -0.173. The predicted molar refractivity (Wildman–Crippen MR) is 364 cm³/mol. The first-order valence-electron chi connectivity index (χ1n) is 29.7. The van der Waals surface area contributed by atoms with Gasteiger partial charge in [0, 0.05) is 87.1 Å². The van der Waals surface area contributed by atoms with Gasteiger partial charge < -0.3 is 16.0 Å². The number of halogens is 6. The second kappa shape index (κ2) is 26.6. The summed E-state index contributed by atoms with van der Waals surface area (Å²) in [5.74, 6) is 1.84. The Labute approximate surface area is 563 Å². The Morgan fingerprint density at radius 3 is 1.06 bits per heavy atom. The van der Waals surface area contributed by atoms with Crippen molar-refractivity contribution in [1.82, 2.24) is 60.2 Å². The Bertz CT molecular complexity index is 4280. The number of benzene rings is 3. The number of aryl methyl sites for hydroxylation is 6. The lowest BCUT2D eigenvalue weighted by atomic mass is 9.95. The summed E-state index contributed by atoms with van der Waals surface area (Å²) in [6.07, 6.45) is -4.79. The van der Waals surface area contributed by atoms with E-state index < -0.39 is 29.6 Å². The van der Waals surface area contributed by atoms with Crippen LogP contribution in [0.5, 0.6) is 0 Å².